The minimum atomic E-state index is -0.595. The number of carbonyl (C=O) groups excluding carboxylic acids is 3. The third kappa shape index (κ3) is 2.12. The van der Waals surface area contributed by atoms with Crippen molar-refractivity contribution in [2.24, 2.45) is 0 Å². The second-order valence-electron chi connectivity index (χ2n) is 7.48. The summed E-state index contributed by atoms with van der Waals surface area (Å²) < 4.78 is 0. The van der Waals surface area contributed by atoms with Crippen LogP contribution in [-0.4, -0.2) is 57.2 Å². The van der Waals surface area contributed by atoms with Crippen LogP contribution in [0.2, 0.25) is 0 Å². The number of hydrogen-bond acceptors (Lipinski definition) is 3. The minimum absolute atomic E-state index is 0.0402. The zero-order valence-electron chi connectivity index (χ0n) is 14.0. The molecule has 3 heterocycles. The molecule has 0 N–H and O–H groups in total. The first-order chi connectivity index (χ1) is 12.2. The van der Waals surface area contributed by atoms with Gasteiger partial charge in [0.25, 0.3) is 5.91 Å². The Bertz CT molecular complexity index is 746. The van der Waals surface area contributed by atoms with E-state index in [9.17, 15) is 14.4 Å². The fraction of sp³-hybridized carbons (Fsp3) is 0.526. The molecule has 1 aliphatic carbocycles. The minimum Gasteiger partial charge on any atom is -0.338 e. The Hall–Kier alpha value is -2.37. The molecule has 0 spiro atoms. The van der Waals surface area contributed by atoms with Crippen molar-refractivity contribution in [3.63, 3.8) is 0 Å². The van der Waals surface area contributed by atoms with E-state index in [4.69, 9.17) is 0 Å². The van der Waals surface area contributed by atoms with E-state index in [1.165, 1.54) is 4.90 Å². The number of benzene rings is 1. The van der Waals surface area contributed by atoms with Crippen LogP contribution in [0.4, 0.5) is 4.79 Å². The highest BCUT2D eigenvalue weighted by molar-refractivity contribution is 6.08. The van der Waals surface area contributed by atoms with Crippen molar-refractivity contribution in [1.29, 1.82) is 0 Å². The zero-order valence-corrected chi connectivity index (χ0v) is 14.0. The molecule has 1 saturated carbocycles. The van der Waals surface area contributed by atoms with Gasteiger partial charge in [0.1, 0.15) is 12.1 Å². The fourth-order valence-electron chi connectivity index (χ4n) is 4.66. The van der Waals surface area contributed by atoms with E-state index in [-0.39, 0.29) is 23.9 Å². The van der Waals surface area contributed by atoms with Gasteiger partial charge in [-0.2, -0.15) is 0 Å². The van der Waals surface area contributed by atoms with Crippen LogP contribution in [0.1, 0.15) is 43.7 Å². The smallest absolute Gasteiger partial charge is 0.328 e. The van der Waals surface area contributed by atoms with Gasteiger partial charge in [0.05, 0.1) is 6.04 Å². The van der Waals surface area contributed by atoms with E-state index in [0.29, 0.717) is 25.4 Å². The third-order valence-electron chi connectivity index (χ3n) is 6.03. The number of hydrogen-bond donors (Lipinski definition) is 0. The Morgan fingerprint density at radius 1 is 0.760 bits per heavy atom. The van der Waals surface area contributed by atoms with Gasteiger partial charge in [-0.1, -0.05) is 30.3 Å². The lowest BCUT2D eigenvalue weighted by molar-refractivity contribution is -0.138. The van der Waals surface area contributed by atoms with Crippen LogP contribution in [0.5, 0.6) is 0 Å². The van der Waals surface area contributed by atoms with Crippen molar-refractivity contribution in [2.75, 3.05) is 6.54 Å². The predicted molar refractivity (Wildman–Crippen MR) is 89.4 cm³/mol. The topological polar surface area (TPSA) is 60.9 Å². The lowest BCUT2D eigenvalue weighted by Gasteiger charge is -2.26. The third-order valence-corrected chi connectivity index (χ3v) is 6.03. The molecule has 6 heteroatoms. The highest BCUT2D eigenvalue weighted by Gasteiger charge is 2.57. The first kappa shape index (κ1) is 14.9. The summed E-state index contributed by atoms with van der Waals surface area (Å²) in [5, 5.41) is 0. The number of carbonyl (C=O) groups is 3. The monoisotopic (exact) mass is 339 g/mol. The lowest BCUT2D eigenvalue weighted by atomic mass is 10.0. The summed E-state index contributed by atoms with van der Waals surface area (Å²) >= 11 is 0. The molecule has 1 aromatic rings. The molecule has 4 aliphatic rings. The number of fused-ring (bicyclic) bond motifs is 1. The summed E-state index contributed by atoms with van der Waals surface area (Å²) in [5.74, 6) is -0.221. The second-order valence-corrected chi connectivity index (χ2v) is 7.48. The fourth-order valence-corrected chi connectivity index (χ4v) is 4.66. The van der Waals surface area contributed by atoms with Crippen LogP contribution < -0.4 is 0 Å². The van der Waals surface area contributed by atoms with Crippen molar-refractivity contribution < 1.29 is 14.4 Å². The van der Waals surface area contributed by atoms with E-state index in [2.05, 4.69) is 0 Å². The second kappa shape index (κ2) is 5.31. The largest absolute Gasteiger partial charge is 0.338 e. The van der Waals surface area contributed by atoms with E-state index >= 15 is 0 Å². The van der Waals surface area contributed by atoms with Crippen molar-refractivity contribution in [2.45, 2.75) is 56.3 Å². The summed E-state index contributed by atoms with van der Waals surface area (Å²) in [6.07, 6.45) is 4.14. The van der Waals surface area contributed by atoms with Crippen LogP contribution in [0.25, 0.3) is 0 Å². The molecule has 3 aliphatic heterocycles. The average molecular weight is 339 g/mol. The van der Waals surface area contributed by atoms with Gasteiger partial charge in [0.15, 0.2) is 0 Å². The maximum Gasteiger partial charge on any atom is 0.328 e. The molecule has 0 unspecified atom stereocenters. The first-order valence-electron chi connectivity index (χ1n) is 9.17. The van der Waals surface area contributed by atoms with Gasteiger partial charge in [-0.15, -0.1) is 0 Å². The summed E-state index contributed by atoms with van der Waals surface area (Å²) in [6.45, 7) is 0.665. The normalized spacial score (nSPS) is 32.1. The Kier molecular flexibility index (Phi) is 3.17. The first-order valence-corrected chi connectivity index (χ1v) is 9.17. The molecule has 6 nitrogen and oxygen atoms in total. The molecule has 0 bridgehead atoms. The van der Waals surface area contributed by atoms with Crippen molar-refractivity contribution in [1.82, 2.24) is 14.7 Å². The maximum atomic E-state index is 13.1. The molecule has 0 aromatic heterocycles. The van der Waals surface area contributed by atoms with Crippen LogP contribution in [0, 0.1) is 0 Å². The molecule has 0 radical (unpaired) electrons. The number of nitrogens with zero attached hydrogens (tertiary/aromatic N) is 3. The number of likely N-dealkylation sites (tertiary alicyclic amines) is 1. The molecular formula is C19H21N3O3. The van der Waals surface area contributed by atoms with Gasteiger partial charge in [0.2, 0.25) is 5.91 Å². The molecule has 4 fully saturated rings. The van der Waals surface area contributed by atoms with Crippen LogP contribution in [0.15, 0.2) is 30.3 Å². The van der Waals surface area contributed by atoms with Gasteiger partial charge < -0.3 is 9.80 Å². The van der Waals surface area contributed by atoms with E-state index in [0.717, 1.165) is 24.8 Å². The van der Waals surface area contributed by atoms with Gasteiger partial charge in [0, 0.05) is 12.6 Å². The van der Waals surface area contributed by atoms with Gasteiger partial charge in [-0.05, 0) is 37.7 Å². The number of amides is 4. The molecular weight excluding hydrogens is 318 g/mol. The van der Waals surface area contributed by atoms with Gasteiger partial charge in [-0.3, -0.25) is 9.59 Å². The van der Waals surface area contributed by atoms with E-state index in [1.807, 2.05) is 35.2 Å². The average Bonchev–Trinajstić information content (AvgIpc) is 3.18. The summed E-state index contributed by atoms with van der Waals surface area (Å²) in [7, 11) is 0. The van der Waals surface area contributed by atoms with E-state index in [1.54, 1.807) is 4.90 Å². The van der Waals surface area contributed by atoms with Crippen molar-refractivity contribution in [3.8, 4) is 0 Å². The number of imide groups is 1. The quantitative estimate of drug-likeness (QED) is 0.791. The molecule has 25 heavy (non-hydrogen) atoms. The van der Waals surface area contributed by atoms with Gasteiger partial charge in [-0.25, -0.2) is 9.69 Å². The molecule has 5 rings (SSSR count). The summed E-state index contributed by atoms with van der Waals surface area (Å²) in [4.78, 5) is 43.5. The van der Waals surface area contributed by atoms with Crippen molar-refractivity contribution in [3.05, 3.63) is 35.9 Å². The lowest BCUT2D eigenvalue weighted by Crippen LogP contribution is -2.46. The van der Waals surface area contributed by atoms with E-state index < -0.39 is 12.1 Å². The molecule has 3 saturated heterocycles. The van der Waals surface area contributed by atoms with Crippen LogP contribution in [-0.2, 0) is 9.59 Å². The number of rotatable bonds is 3. The maximum absolute atomic E-state index is 13.1. The highest BCUT2D eigenvalue weighted by atomic mass is 16.2. The summed E-state index contributed by atoms with van der Waals surface area (Å²) in [6, 6.07) is 8.86. The summed E-state index contributed by atoms with van der Waals surface area (Å²) in [5.41, 5.74) is 1.06. The SMILES string of the molecule is O=C1[C@H](N2C(=O)[C@@H]3CC[C@@H](c4ccccc4)N3C2=O)CCN1C1CC1. The molecule has 4 amide bonds. The molecule has 130 valence electrons. The Balaban J connectivity index is 1.42. The molecule has 3 atom stereocenters. The van der Waals surface area contributed by atoms with Crippen LogP contribution in [0.3, 0.4) is 0 Å². The standard InChI is InChI=1S/C19H21N3O3/c23-17-16(10-11-20(17)13-6-7-13)22-18(24)15-9-8-14(21(15)19(22)25)12-4-2-1-3-5-12/h1-5,13-16H,6-11H2/t14-,15-,16+/m0/s1. The number of urea groups is 1. The van der Waals surface area contributed by atoms with Crippen LogP contribution >= 0.6 is 0 Å². The Labute approximate surface area is 146 Å². The molecule has 1 aromatic carbocycles. The zero-order chi connectivity index (χ0) is 17.1. The predicted octanol–water partition coefficient (Wildman–Crippen LogP) is 1.92. The highest BCUT2D eigenvalue weighted by Crippen LogP contribution is 2.43. The Morgan fingerprint density at radius 3 is 2.20 bits per heavy atom. The van der Waals surface area contributed by atoms with Crippen molar-refractivity contribution >= 4 is 17.8 Å². The van der Waals surface area contributed by atoms with Gasteiger partial charge >= 0.3 is 6.03 Å². The Morgan fingerprint density at radius 2 is 1.48 bits per heavy atom.